The van der Waals surface area contributed by atoms with E-state index < -0.39 is 5.91 Å². The van der Waals surface area contributed by atoms with Gasteiger partial charge in [-0.1, -0.05) is 18.2 Å². The van der Waals surface area contributed by atoms with Gasteiger partial charge in [0.2, 0.25) is 29.5 Å². The Labute approximate surface area is 213 Å². The number of aromatic amines is 1. The van der Waals surface area contributed by atoms with Gasteiger partial charge in [0.25, 0.3) is 5.91 Å². The molecule has 10 heteroatoms. The van der Waals surface area contributed by atoms with E-state index in [4.69, 9.17) is 10.7 Å². The fourth-order valence-electron chi connectivity index (χ4n) is 4.89. The van der Waals surface area contributed by atoms with E-state index in [0.29, 0.717) is 37.9 Å². The molecule has 10 nitrogen and oxygen atoms in total. The van der Waals surface area contributed by atoms with Crippen LogP contribution in [0.3, 0.4) is 0 Å². The van der Waals surface area contributed by atoms with Crippen molar-refractivity contribution in [3.05, 3.63) is 76.0 Å². The van der Waals surface area contributed by atoms with Crippen molar-refractivity contribution in [2.45, 2.75) is 44.4 Å². The molecule has 0 saturated carbocycles. The van der Waals surface area contributed by atoms with E-state index in [2.05, 4.69) is 25.2 Å². The number of nitrogens with two attached hydrogens (primary N) is 1. The van der Waals surface area contributed by atoms with E-state index in [1.165, 1.54) is 0 Å². The molecule has 0 spiro atoms. The number of hydrogen-bond donors (Lipinski definition) is 3. The van der Waals surface area contributed by atoms with E-state index in [9.17, 15) is 14.7 Å². The molecule has 0 saturated heterocycles. The second-order valence-corrected chi connectivity index (χ2v) is 9.40. The Balaban J connectivity index is 1.25. The molecule has 4 N–H and O–H groups in total. The number of H-pyrrole nitrogens is 1. The van der Waals surface area contributed by atoms with Crippen LogP contribution < -0.4 is 36.2 Å². The van der Waals surface area contributed by atoms with Crippen molar-refractivity contribution >= 4 is 29.7 Å². The first kappa shape index (κ1) is 24.5. The van der Waals surface area contributed by atoms with Crippen molar-refractivity contribution in [3.8, 4) is 0 Å². The minimum atomic E-state index is -0.545. The van der Waals surface area contributed by atoms with Crippen molar-refractivity contribution in [2.75, 3.05) is 13.7 Å². The number of para-hydroxylation sites is 2. The van der Waals surface area contributed by atoms with Crippen molar-refractivity contribution in [2.24, 2.45) is 15.7 Å². The van der Waals surface area contributed by atoms with Crippen LogP contribution in [0, 0.1) is 0 Å². The number of aliphatic imine (C=N–C) groups is 1. The quantitative estimate of drug-likeness (QED) is 0.303. The lowest BCUT2D eigenvalue weighted by Gasteiger charge is -2.12. The maximum Gasteiger partial charge on any atom is 0.292 e. The summed E-state index contributed by atoms with van der Waals surface area (Å²) in [5, 5.41) is 14.0. The number of carbonyl (C=O) groups excluding carboxylic acids is 2. The number of primary amides is 1. The molecule has 3 aromatic rings. The third kappa shape index (κ3) is 5.19. The van der Waals surface area contributed by atoms with Crippen molar-refractivity contribution in [1.29, 1.82) is 0 Å². The highest BCUT2D eigenvalue weighted by Gasteiger charge is 2.23. The van der Waals surface area contributed by atoms with Crippen LogP contribution in [0.5, 0.6) is 0 Å². The second-order valence-electron chi connectivity index (χ2n) is 9.40. The summed E-state index contributed by atoms with van der Waals surface area (Å²) >= 11 is 0. The second kappa shape index (κ2) is 10.4. The van der Waals surface area contributed by atoms with Gasteiger partial charge in [0.15, 0.2) is 0 Å². The summed E-state index contributed by atoms with van der Waals surface area (Å²) in [6, 6.07) is 9.83. The van der Waals surface area contributed by atoms with Crippen LogP contribution >= 0.6 is 0 Å². The normalized spacial score (nSPS) is 17.9. The average molecular weight is 502 g/mol. The molecule has 5 rings (SSSR count). The number of amides is 2. The van der Waals surface area contributed by atoms with Crippen LogP contribution in [0.1, 0.15) is 42.2 Å². The summed E-state index contributed by atoms with van der Waals surface area (Å²) < 4.78 is 5.97. The molecule has 0 bridgehead atoms. The first-order valence-corrected chi connectivity index (χ1v) is 12.4. The van der Waals surface area contributed by atoms with E-state index in [1.807, 2.05) is 49.7 Å². The number of aryl methyl sites for hydroxylation is 1. The zero-order valence-corrected chi connectivity index (χ0v) is 20.7. The molecule has 1 aromatic carbocycles. The van der Waals surface area contributed by atoms with E-state index in [-0.39, 0.29) is 24.7 Å². The Bertz CT molecular complexity index is 1630. The predicted molar refractivity (Wildman–Crippen MR) is 137 cm³/mol. The van der Waals surface area contributed by atoms with Gasteiger partial charge in [0.1, 0.15) is 24.6 Å². The Kier molecular flexibility index (Phi) is 6.91. The Morgan fingerprint density at radius 2 is 2.16 bits per heavy atom. The van der Waals surface area contributed by atoms with E-state index in [0.717, 1.165) is 27.0 Å². The monoisotopic (exact) mass is 501 g/mol. The largest absolute Gasteiger partial charge is 0.392 e. The molecule has 2 aliphatic rings. The number of imidazole rings is 1. The van der Waals surface area contributed by atoms with E-state index >= 15 is 0 Å². The zero-order valence-electron chi connectivity index (χ0n) is 20.7. The predicted octanol–water partition coefficient (Wildman–Crippen LogP) is -1.68. The Morgan fingerprint density at radius 1 is 1.32 bits per heavy atom. The van der Waals surface area contributed by atoms with Gasteiger partial charge in [-0.05, 0) is 23.4 Å². The first-order valence-electron chi connectivity index (χ1n) is 12.4. The summed E-state index contributed by atoms with van der Waals surface area (Å²) in [6.07, 6.45) is 11.4. The van der Waals surface area contributed by atoms with Crippen molar-refractivity contribution in [1.82, 2.24) is 14.1 Å². The highest BCUT2D eigenvalue weighted by Crippen LogP contribution is 2.07. The van der Waals surface area contributed by atoms with Gasteiger partial charge in [-0.25, -0.2) is 24.1 Å². The summed E-state index contributed by atoms with van der Waals surface area (Å²) in [6.45, 7) is 0.571. The smallest absolute Gasteiger partial charge is 0.292 e. The minimum absolute atomic E-state index is 0.0521. The number of nitrogens with zero attached hydrogens (tertiary/aromatic N) is 5. The lowest BCUT2D eigenvalue weighted by atomic mass is 10.1. The summed E-state index contributed by atoms with van der Waals surface area (Å²) in [4.78, 5) is 36.0. The minimum Gasteiger partial charge on any atom is -0.392 e. The highest BCUT2D eigenvalue weighted by atomic mass is 16.3. The third-order valence-electron chi connectivity index (χ3n) is 7.00. The molecular formula is C27H31N7O3+2. The van der Waals surface area contributed by atoms with Crippen LogP contribution in [0.25, 0.3) is 12.2 Å². The maximum atomic E-state index is 12.7. The molecular weight excluding hydrogens is 470 g/mol. The molecule has 2 aromatic heterocycles. The molecule has 190 valence electrons. The number of rotatable bonds is 9. The van der Waals surface area contributed by atoms with Crippen molar-refractivity contribution in [3.63, 3.8) is 0 Å². The fraction of sp³-hybridized carbons (Fsp3) is 0.333. The SMILES string of the molecule is C[N+]1=c2ccccc2=NC1CCC(=O)N=C1C=c2c(ccn2CC[C@H](CO)[n+]2c[nH]c(C(N)=O)c2)=CC1. The van der Waals surface area contributed by atoms with E-state index in [1.54, 1.807) is 17.1 Å². The number of aliphatic hydroxyl groups is 1. The molecule has 0 fully saturated rings. The Hall–Kier alpha value is -4.18. The standard InChI is InChI=1S/C27H29N7O3/c1-32-23-5-3-2-4-21(23)31-25(32)8-9-26(36)30-19-7-6-18-10-12-33(24(18)14-19)13-11-20(16-35)34-15-22(27(28)37)29-17-34/h2-6,10,12,14-15,17,20,25,35H,7-9,11,13,16H2,1H3,(H-,28,37)/p+2/t20-,25?/m1/s1. The number of aromatic nitrogens is 3. The number of hydrogen-bond acceptors (Lipinski definition) is 4. The lowest BCUT2D eigenvalue weighted by molar-refractivity contribution is -0.724. The average Bonchev–Trinajstić information content (AvgIpc) is 3.62. The number of aliphatic hydroxyl groups excluding tert-OH is 1. The van der Waals surface area contributed by atoms with Crippen LogP contribution in [0.4, 0.5) is 0 Å². The van der Waals surface area contributed by atoms with Crippen LogP contribution in [0.15, 0.2) is 59.0 Å². The molecule has 1 unspecified atom stereocenters. The topological polar surface area (TPSA) is 133 Å². The first-order chi connectivity index (χ1) is 17.9. The Morgan fingerprint density at radius 3 is 2.92 bits per heavy atom. The van der Waals surface area contributed by atoms with Gasteiger partial charge in [-0.2, -0.15) is 0 Å². The summed E-state index contributed by atoms with van der Waals surface area (Å²) in [5.41, 5.74) is 6.35. The van der Waals surface area contributed by atoms with Crippen LogP contribution in [0.2, 0.25) is 0 Å². The summed E-state index contributed by atoms with van der Waals surface area (Å²) in [7, 11) is 2.00. The van der Waals surface area contributed by atoms with Gasteiger partial charge in [0.05, 0.1) is 12.3 Å². The zero-order chi connectivity index (χ0) is 25.9. The number of carbonyl (C=O) groups is 2. The maximum absolute atomic E-state index is 12.7. The molecule has 2 amide bonds. The molecule has 1 aliphatic heterocycles. The molecule has 3 heterocycles. The van der Waals surface area contributed by atoms with Gasteiger partial charge < -0.3 is 15.4 Å². The van der Waals surface area contributed by atoms with Crippen LogP contribution in [-0.4, -0.2) is 52.0 Å². The highest BCUT2D eigenvalue weighted by molar-refractivity contribution is 6.16. The van der Waals surface area contributed by atoms with Gasteiger partial charge in [-0.15, -0.1) is 0 Å². The molecule has 37 heavy (non-hydrogen) atoms. The lowest BCUT2D eigenvalue weighted by Crippen LogP contribution is -2.41. The number of benzene rings is 1. The van der Waals surface area contributed by atoms with Gasteiger partial charge >= 0.3 is 0 Å². The number of fused-ring (bicyclic) bond motifs is 2. The fourth-order valence-corrected chi connectivity index (χ4v) is 4.89. The summed E-state index contributed by atoms with van der Waals surface area (Å²) in [5.74, 6) is -0.689. The third-order valence-corrected chi connectivity index (χ3v) is 7.00. The molecule has 1 aliphatic carbocycles. The van der Waals surface area contributed by atoms with Crippen molar-refractivity contribution < 1.29 is 19.3 Å². The molecule has 2 atom stereocenters. The van der Waals surface area contributed by atoms with Gasteiger partial charge in [-0.3, -0.25) is 9.59 Å². The van der Waals surface area contributed by atoms with Crippen LogP contribution in [-0.2, 0) is 11.3 Å². The molecule has 0 radical (unpaired) electrons. The van der Waals surface area contributed by atoms with Gasteiger partial charge in [0, 0.05) is 49.8 Å². The number of nitrogens with one attached hydrogen (secondary N) is 1.